The number of amides is 1. The van der Waals surface area contributed by atoms with Crippen LogP contribution >= 0.6 is 0 Å². The first-order valence-electron chi connectivity index (χ1n) is 9.16. The number of hydrogen-bond acceptors (Lipinski definition) is 3. The highest BCUT2D eigenvalue weighted by Crippen LogP contribution is 2.28. The topological polar surface area (TPSA) is 68.8 Å². The van der Waals surface area contributed by atoms with E-state index in [4.69, 9.17) is 0 Å². The second-order valence-corrected chi connectivity index (χ2v) is 6.87. The van der Waals surface area contributed by atoms with Crippen LogP contribution in [0.15, 0.2) is 4.99 Å². The number of piperidine rings is 1. The van der Waals surface area contributed by atoms with Crippen molar-refractivity contribution in [1.29, 1.82) is 0 Å². The average molecular weight is 323 g/mol. The first-order chi connectivity index (χ1) is 11.1. The summed E-state index contributed by atoms with van der Waals surface area (Å²) in [6.07, 6.45) is 4.41. The molecular weight excluding hydrogens is 290 g/mol. The number of carbonyl (C=O) groups excluding carboxylic acids is 1. The van der Waals surface area contributed by atoms with Crippen LogP contribution in [0.5, 0.6) is 0 Å². The van der Waals surface area contributed by atoms with Gasteiger partial charge < -0.3 is 20.9 Å². The van der Waals surface area contributed by atoms with E-state index in [0.29, 0.717) is 25.2 Å². The van der Waals surface area contributed by atoms with Crippen LogP contribution in [0.1, 0.15) is 46.5 Å². The van der Waals surface area contributed by atoms with E-state index in [1.54, 1.807) is 0 Å². The summed E-state index contributed by atoms with van der Waals surface area (Å²) in [4.78, 5) is 18.7. The largest absolute Gasteiger partial charge is 0.357 e. The molecule has 0 atom stereocenters. The zero-order valence-corrected chi connectivity index (χ0v) is 14.9. The molecule has 2 aliphatic rings. The zero-order valence-electron chi connectivity index (χ0n) is 14.9. The second kappa shape index (κ2) is 9.11. The molecule has 0 unspecified atom stereocenters. The van der Waals surface area contributed by atoms with Crippen molar-refractivity contribution in [3.8, 4) is 0 Å². The molecule has 1 aliphatic carbocycles. The Kier molecular flexibility index (Phi) is 7.15. The van der Waals surface area contributed by atoms with Gasteiger partial charge in [-0.3, -0.25) is 9.79 Å². The van der Waals surface area contributed by atoms with Gasteiger partial charge in [0.05, 0.1) is 6.54 Å². The third-order valence-electron chi connectivity index (χ3n) is 4.57. The Balaban J connectivity index is 1.69. The fourth-order valence-corrected chi connectivity index (χ4v) is 2.91. The van der Waals surface area contributed by atoms with Crippen LogP contribution in [0.3, 0.4) is 0 Å². The molecule has 1 saturated carbocycles. The van der Waals surface area contributed by atoms with Crippen LogP contribution in [0.25, 0.3) is 0 Å². The molecule has 3 N–H and O–H groups in total. The number of nitrogens with zero attached hydrogens (tertiary/aromatic N) is 2. The summed E-state index contributed by atoms with van der Waals surface area (Å²) in [5, 5.41) is 9.79. The van der Waals surface area contributed by atoms with Crippen LogP contribution in [-0.2, 0) is 4.79 Å². The van der Waals surface area contributed by atoms with Gasteiger partial charge in [-0.2, -0.15) is 0 Å². The van der Waals surface area contributed by atoms with Crippen LogP contribution in [0, 0.1) is 5.92 Å². The SMILES string of the molecule is CCNC(=NCCNC(=O)C1CC1)NC1CCN(C(C)C)CC1. The molecule has 0 radical (unpaired) electrons. The molecule has 1 aliphatic heterocycles. The molecule has 1 heterocycles. The summed E-state index contributed by atoms with van der Waals surface area (Å²) in [5.74, 6) is 1.34. The van der Waals surface area contributed by atoms with Crippen molar-refractivity contribution in [2.24, 2.45) is 10.9 Å². The van der Waals surface area contributed by atoms with Crippen LogP contribution < -0.4 is 16.0 Å². The zero-order chi connectivity index (χ0) is 16.7. The Bertz CT molecular complexity index is 398. The summed E-state index contributed by atoms with van der Waals surface area (Å²) in [7, 11) is 0. The number of likely N-dealkylation sites (tertiary alicyclic amines) is 1. The Labute approximate surface area is 140 Å². The summed E-state index contributed by atoms with van der Waals surface area (Å²) in [6, 6.07) is 1.12. The van der Waals surface area contributed by atoms with Gasteiger partial charge in [0.15, 0.2) is 5.96 Å². The number of guanidine groups is 1. The third-order valence-corrected chi connectivity index (χ3v) is 4.57. The molecule has 0 aromatic rings. The number of carbonyl (C=O) groups is 1. The lowest BCUT2D eigenvalue weighted by Gasteiger charge is -2.35. The van der Waals surface area contributed by atoms with Gasteiger partial charge >= 0.3 is 0 Å². The lowest BCUT2D eigenvalue weighted by atomic mass is 10.0. The lowest BCUT2D eigenvalue weighted by molar-refractivity contribution is -0.122. The highest BCUT2D eigenvalue weighted by atomic mass is 16.2. The molecule has 0 aromatic carbocycles. The van der Waals surface area contributed by atoms with Gasteiger partial charge in [-0.1, -0.05) is 0 Å². The quantitative estimate of drug-likeness (QED) is 0.370. The van der Waals surface area contributed by atoms with E-state index in [1.165, 1.54) is 0 Å². The van der Waals surface area contributed by atoms with Crippen molar-refractivity contribution in [3.05, 3.63) is 0 Å². The number of nitrogens with one attached hydrogen (secondary N) is 3. The van der Waals surface area contributed by atoms with Gasteiger partial charge in [-0.15, -0.1) is 0 Å². The van der Waals surface area contributed by atoms with Gasteiger partial charge in [-0.25, -0.2) is 0 Å². The molecule has 1 amide bonds. The first kappa shape index (κ1) is 18.0. The molecular formula is C17H33N5O. The number of rotatable bonds is 7. The van der Waals surface area contributed by atoms with E-state index in [2.05, 4.69) is 46.6 Å². The highest BCUT2D eigenvalue weighted by Gasteiger charge is 2.29. The molecule has 0 aromatic heterocycles. The van der Waals surface area contributed by atoms with Crippen LogP contribution in [0.4, 0.5) is 0 Å². The van der Waals surface area contributed by atoms with Crippen molar-refractivity contribution >= 4 is 11.9 Å². The lowest BCUT2D eigenvalue weighted by Crippen LogP contribution is -2.50. The number of aliphatic imine (C=N–C) groups is 1. The molecule has 0 bridgehead atoms. The summed E-state index contributed by atoms with van der Waals surface area (Å²) < 4.78 is 0. The average Bonchev–Trinajstić information content (AvgIpc) is 3.37. The van der Waals surface area contributed by atoms with Gasteiger partial charge in [0.25, 0.3) is 0 Å². The fourth-order valence-electron chi connectivity index (χ4n) is 2.91. The van der Waals surface area contributed by atoms with Crippen molar-refractivity contribution in [2.75, 3.05) is 32.7 Å². The Morgan fingerprint density at radius 3 is 2.43 bits per heavy atom. The molecule has 6 heteroatoms. The van der Waals surface area contributed by atoms with E-state index < -0.39 is 0 Å². The van der Waals surface area contributed by atoms with Gasteiger partial charge in [0.1, 0.15) is 0 Å². The Morgan fingerprint density at radius 1 is 1.17 bits per heavy atom. The fraction of sp³-hybridized carbons (Fsp3) is 0.882. The molecule has 23 heavy (non-hydrogen) atoms. The monoisotopic (exact) mass is 323 g/mol. The summed E-state index contributed by atoms with van der Waals surface area (Å²) in [6.45, 7) is 11.0. The molecule has 132 valence electrons. The van der Waals surface area contributed by atoms with Crippen LogP contribution in [0.2, 0.25) is 0 Å². The van der Waals surface area contributed by atoms with Crippen LogP contribution in [-0.4, -0.2) is 61.6 Å². The smallest absolute Gasteiger partial charge is 0.223 e. The molecule has 1 saturated heterocycles. The minimum absolute atomic E-state index is 0.194. The van der Waals surface area contributed by atoms with E-state index >= 15 is 0 Å². The van der Waals surface area contributed by atoms with Crippen molar-refractivity contribution < 1.29 is 4.79 Å². The molecule has 2 fully saturated rings. The maximum Gasteiger partial charge on any atom is 0.223 e. The van der Waals surface area contributed by atoms with Crippen molar-refractivity contribution in [3.63, 3.8) is 0 Å². The van der Waals surface area contributed by atoms with Gasteiger partial charge in [0, 0.05) is 44.2 Å². The minimum Gasteiger partial charge on any atom is -0.357 e. The third kappa shape index (κ3) is 6.37. The Morgan fingerprint density at radius 2 is 1.87 bits per heavy atom. The molecule has 0 spiro atoms. The maximum absolute atomic E-state index is 11.6. The Hall–Kier alpha value is -1.30. The summed E-state index contributed by atoms with van der Waals surface area (Å²) in [5.41, 5.74) is 0. The van der Waals surface area contributed by atoms with Gasteiger partial charge in [-0.05, 0) is 46.5 Å². The van der Waals surface area contributed by atoms with E-state index in [9.17, 15) is 4.79 Å². The van der Waals surface area contributed by atoms with Crippen molar-refractivity contribution in [2.45, 2.75) is 58.5 Å². The maximum atomic E-state index is 11.6. The minimum atomic E-state index is 0.194. The van der Waals surface area contributed by atoms with E-state index in [0.717, 1.165) is 51.3 Å². The number of hydrogen-bond donors (Lipinski definition) is 3. The van der Waals surface area contributed by atoms with E-state index in [-0.39, 0.29) is 11.8 Å². The molecule has 6 nitrogen and oxygen atoms in total. The second-order valence-electron chi connectivity index (χ2n) is 6.87. The predicted octanol–water partition coefficient (Wildman–Crippen LogP) is 0.941. The highest BCUT2D eigenvalue weighted by molar-refractivity contribution is 5.81. The van der Waals surface area contributed by atoms with Gasteiger partial charge in [0.2, 0.25) is 5.91 Å². The predicted molar refractivity (Wildman–Crippen MR) is 94.6 cm³/mol. The van der Waals surface area contributed by atoms with E-state index in [1.807, 2.05) is 0 Å². The van der Waals surface area contributed by atoms with Crippen molar-refractivity contribution in [1.82, 2.24) is 20.9 Å². The standard InChI is InChI=1S/C17H33N5O/c1-4-18-17(20-10-9-19-16(23)14-5-6-14)21-15-7-11-22(12-8-15)13(2)3/h13-15H,4-12H2,1-3H3,(H,19,23)(H2,18,20,21). The first-order valence-corrected chi connectivity index (χ1v) is 9.16. The normalized spacial score (nSPS) is 20.6. The summed E-state index contributed by atoms with van der Waals surface area (Å²) >= 11 is 0. The molecule has 2 rings (SSSR count).